The van der Waals surface area contributed by atoms with Gasteiger partial charge in [0, 0.05) is 50.1 Å². The number of rotatable bonds is 4. The lowest BCUT2D eigenvalue weighted by molar-refractivity contribution is -0.132. The van der Waals surface area contributed by atoms with Crippen molar-refractivity contribution in [2.45, 2.75) is 38.5 Å². The summed E-state index contributed by atoms with van der Waals surface area (Å²) < 4.78 is 1.83. The van der Waals surface area contributed by atoms with Crippen LogP contribution in [0.3, 0.4) is 0 Å². The van der Waals surface area contributed by atoms with Gasteiger partial charge in [-0.2, -0.15) is 10.2 Å². The van der Waals surface area contributed by atoms with E-state index in [9.17, 15) is 4.79 Å². The number of amides is 1. The fraction of sp³-hybridized carbons (Fsp3) is 0.562. The molecule has 3 rings (SSSR count). The summed E-state index contributed by atoms with van der Waals surface area (Å²) in [6.45, 7) is 3.74. The molecule has 118 valence electrons. The average Bonchev–Trinajstić information content (AvgIpc) is 3.13. The molecule has 0 radical (unpaired) electrons. The number of hydrogen-bond acceptors (Lipinski definition) is 3. The van der Waals surface area contributed by atoms with Gasteiger partial charge < -0.3 is 4.90 Å². The number of nitrogens with zero attached hydrogens (tertiary/aromatic N) is 4. The molecular weight excluding hydrogens is 278 g/mol. The Balaban J connectivity index is 1.58. The number of aryl methyl sites for hydroxylation is 3. The van der Waals surface area contributed by atoms with Crippen LogP contribution in [0.1, 0.15) is 42.1 Å². The van der Waals surface area contributed by atoms with E-state index in [0.717, 1.165) is 38.0 Å². The first kappa shape index (κ1) is 14.8. The van der Waals surface area contributed by atoms with Crippen molar-refractivity contribution in [3.63, 3.8) is 0 Å². The van der Waals surface area contributed by atoms with Crippen molar-refractivity contribution < 1.29 is 4.79 Å². The Morgan fingerprint density at radius 2 is 2.36 bits per heavy atom. The Hall–Kier alpha value is -2.11. The van der Waals surface area contributed by atoms with Crippen molar-refractivity contribution in [1.82, 2.24) is 24.9 Å². The van der Waals surface area contributed by atoms with Crippen LogP contribution < -0.4 is 0 Å². The highest BCUT2D eigenvalue weighted by Crippen LogP contribution is 2.27. The van der Waals surface area contributed by atoms with Gasteiger partial charge in [-0.05, 0) is 37.8 Å². The third kappa shape index (κ3) is 3.05. The SMILES string of the molecule is Cc1cn[nH]c1[C@@H]1CCCN(C(=O)CCc2ccnn2C)C1. The van der Waals surface area contributed by atoms with E-state index in [1.54, 1.807) is 6.20 Å². The molecule has 1 amide bonds. The monoisotopic (exact) mass is 301 g/mol. The third-order valence-corrected chi connectivity index (χ3v) is 4.57. The van der Waals surface area contributed by atoms with Crippen molar-refractivity contribution in [1.29, 1.82) is 0 Å². The van der Waals surface area contributed by atoms with Crippen molar-refractivity contribution in [2.75, 3.05) is 13.1 Å². The average molecular weight is 301 g/mol. The number of aromatic nitrogens is 4. The molecule has 1 aliphatic heterocycles. The first-order chi connectivity index (χ1) is 10.6. The van der Waals surface area contributed by atoms with E-state index in [4.69, 9.17) is 0 Å². The highest BCUT2D eigenvalue weighted by Gasteiger charge is 2.26. The van der Waals surface area contributed by atoms with Crippen LogP contribution in [0.4, 0.5) is 0 Å². The molecule has 1 fully saturated rings. The van der Waals surface area contributed by atoms with Gasteiger partial charge in [-0.3, -0.25) is 14.6 Å². The second-order valence-corrected chi connectivity index (χ2v) is 6.09. The number of piperidine rings is 1. The predicted molar refractivity (Wildman–Crippen MR) is 83.4 cm³/mol. The Morgan fingerprint density at radius 1 is 1.50 bits per heavy atom. The molecular formula is C16H23N5O. The summed E-state index contributed by atoms with van der Waals surface area (Å²) in [7, 11) is 1.91. The maximum Gasteiger partial charge on any atom is 0.222 e. The van der Waals surface area contributed by atoms with Crippen molar-refractivity contribution in [3.05, 3.63) is 35.4 Å². The second-order valence-electron chi connectivity index (χ2n) is 6.09. The molecule has 6 heteroatoms. The topological polar surface area (TPSA) is 66.8 Å². The first-order valence-corrected chi connectivity index (χ1v) is 7.89. The van der Waals surface area contributed by atoms with Crippen LogP contribution in [0.15, 0.2) is 18.5 Å². The zero-order valence-corrected chi connectivity index (χ0v) is 13.2. The fourth-order valence-electron chi connectivity index (χ4n) is 3.25. The van der Waals surface area contributed by atoms with Crippen molar-refractivity contribution in [3.8, 4) is 0 Å². The lowest BCUT2D eigenvalue weighted by Crippen LogP contribution is -2.39. The molecule has 0 aromatic carbocycles. The molecule has 1 saturated heterocycles. The zero-order chi connectivity index (χ0) is 15.5. The summed E-state index contributed by atoms with van der Waals surface area (Å²) in [5.41, 5.74) is 3.48. The molecule has 2 aromatic heterocycles. The Kier molecular flexibility index (Phi) is 4.27. The van der Waals surface area contributed by atoms with E-state index < -0.39 is 0 Å². The van der Waals surface area contributed by atoms with Crippen LogP contribution in [0, 0.1) is 6.92 Å². The molecule has 1 atom stereocenters. The lowest BCUT2D eigenvalue weighted by atomic mass is 9.92. The molecule has 0 bridgehead atoms. The standard InChI is InChI=1S/C16H23N5O/c1-12-10-17-19-16(12)13-4-3-9-21(11-13)15(22)6-5-14-7-8-18-20(14)2/h7-8,10,13H,3-6,9,11H2,1-2H3,(H,17,19)/t13-/m1/s1. The van der Waals surface area contributed by atoms with Crippen LogP contribution in [0.25, 0.3) is 0 Å². The minimum Gasteiger partial charge on any atom is -0.342 e. The number of carbonyl (C=O) groups excluding carboxylic acids is 1. The molecule has 0 unspecified atom stereocenters. The molecule has 0 aliphatic carbocycles. The summed E-state index contributed by atoms with van der Waals surface area (Å²) in [5.74, 6) is 0.625. The fourth-order valence-corrected chi connectivity index (χ4v) is 3.25. The molecule has 6 nitrogen and oxygen atoms in total. The minimum absolute atomic E-state index is 0.239. The van der Waals surface area contributed by atoms with Gasteiger partial charge in [0.1, 0.15) is 0 Å². The summed E-state index contributed by atoms with van der Waals surface area (Å²) in [6, 6.07) is 1.97. The smallest absolute Gasteiger partial charge is 0.222 e. The predicted octanol–water partition coefficient (Wildman–Crippen LogP) is 1.79. The van der Waals surface area contributed by atoms with E-state index >= 15 is 0 Å². The number of aromatic amines is 1. The van der Waals surface area contributed by atoms with Gasteiger partial charge in [-0.25, -0.2) is 0 Å². The Labute approximate surface area is 130 Å². The van der Waals surface area contributed by atoms with E-state index in [1.165, 1.54) is 11.3 Å². The van der Waals surface area contributed by atoms with Gasteiger partial charge in [0.2, 0.25) is 5.91 Å². The maximum absolute atomic E-state index is 12.5. The number of likely N-dealkylation sites (tertiary alicyclic amines) is 1. The quantitative estimate of drug-likeness (QED) is 0.936. The molecule has 2 aromatic rings. The van der Waals surface area contributed by atoms with Crippen LogP contribution >= 0.6 is 0 Å². The summed E-state index contributed by atoms with van der Waals surface area (Å²) in [6.07, 6.45) is 7.11. The minimum atomic E-state index is 0.239. The molecule has 22 heavy (non-hydrogen) atoms. The van der Waals surface area contributed by atoms with Crippen LogP contribution in [-0.4, -0.2) is 43.9 Å². The van der Waals surface area contributed by atoms with E-state index in [1.807, 2.05) is 28.9 Å². The first-order valence-electron chi connectivity index (χ1n) is 7.89. The number of nitrogens with one attached hydrogen (secondary N) is 1. The van der Waals surface area contributed by atoms with Crippen molar-refractivity contribution >= 4 is 5.91 Å². The summed E-state index contributed by atoms with van der Waals surface area (Å²) >= 11 is 0. The Morgan fingerprint density at radius 3 is 3.05 bits per heavy atom. The van der Waals surface area contributed by atoms with E-state index in [0.29, 0.717) is 12.3 Å². The molecule has 0 spiro atoms. The van der Waals surface area contributed by atoms with Crippen molar-refractivity contribution in [2.24, 2.45) is 7.05 Å². The normalized spacial score (nSPS) is 18.6. The van der Waals surface area contributed by atoms with E-state index in [2.05, 4.69) is 22.2 Å². The molecule has 1 N–H and O–H groups in total. The van der Waals surface area contributed by atoms with Gasteiger partial charge >= 0.3 is 0 Å². The van der Waals surface area contributed by atoms with E-state index in [-0.39, 0.29) is 5.91 Å². The van der Waals surface area contributed by atoms with Gasteiger partial charge in [-0.1, -0.05) is 0 Å². The Bertz CT molecular complexity index is 645. The lowest BCUT2D eigenvalue weighted by Gasteiger charge is -2.32. The highest BCUT2D eigenvalue weighted by atomic mass is 16.2. The number of hydrogen-bond donors (Lipinski definition) is 1. The van der Waals surface area contributed by atoms with Crippen LogP contribution in [0.5, 0.6) is 0 Å². The molecule has 0 saturated carbocycles. The zero-order valence-electron chi connectivity index (χ0n) is 13.2. The van der Waals surface area contributed by atoms with Crippen LogP contribution in [0.2, 0.25) is 0 Å². The molecule has 3 heterocycles. The molecule has 1 aliphatic rings. The summed E-state index contributed by atoms with van der Waals surface area (Å²) in [5, 5.41) is 11.3. The maximum atomic E-state index is 12.5. The van der Waals surface area contributed by atoms with Gasteiger partial charge in [0.25, 0.3) is 0 Å². The highest BCUT2D eigenvalue weighted by molar-refractivity contribution is 5.76. The number of carbonyl (C=O) groups is 1. The van der Waals surface area contributed by atoms with Gasteiger partial charge in [0.05, 0.1) is 6.20 Å². The van der Waals surface area contributed by atoms with Gasteiger partial charge in [0.15, 0.2) is 0 Å². The van der Waals surface area contributed by atoms with Crippen LogP contribution in [-0.2, 0) is 18.3 Å². The van der Waals surface area contributed by atoms with Gasteiger partial charge in [-0.15, -0.1) is 0 Å². The number of H-pyrrole nitrogens is 1. The largest absolute Gasteiger partial charge is 0.342 e. The second kappa shape index (κ2) is 6.34. The third-order valence-electron chi connectivity index (χ3n) is 4.57. The summed E-state index contributed by atoms with van der Waals surface area (Å²) in [4.78, 5) is 14.5.